The third kappa shape index (κ3) is 2.97. The van der Waals surface area contributed by atoms with Gasteiger partial charge in [0.1, 0.15) is 11.4 Å². The molecule has 0 saturated carbocycles. The Balaban J connectivity index is 1.95. The summed E-state index contributed by atoms with van der Waals surface area (Å²) in [6, 6.07) is 12.5. The van der Waals surface area contributed by atoms with Crippen LogP contribution in [0.4, 0.5) is 0 Å². The van der Waals surface area contributed by atoms with Gasteiger partial charge in [0.25, 0.3) is 0 Å². The monoisotopic (exact) mass is 364 g/mol. The molecule has 3 heteroatoms. The van der Waals surface area contributed by atoms with Gasteiger partial charge >= 0.3 is 0 Å². The van der Waals surface area contributed by atoms with Gasteiger partial charge in [0.15, 0.2) is 0 Å². The fourth-order valence-corrected chi connectivity index (χ4v) is 3.75. The third-order valence-electron chi connectivity index (χ3n) is 3.88. The van der Waals surface area contributed by atoms with Gasteiger partial charge in [-0.25, -0.2) is 0 Å². The second kappa shape index (κ2) is 5.33. The van der Waals surface area contributed by atoms with Crippen LogP contribution >= 0.6 is 27.5 Å². The second-order valence-corrected chi connectivity index (χ2v) is 7.62. The number of rotatable bonds is 2. The molecule has 2 aromatic rings. The maximum atomic E-state index is 6.71. The Kier molecular flexibility index (Phi) is 3.79. The van der Waals surface area contributed by atoms with Crippen LogP contribution in [0.5, 0.6) is 5.75 Å². The molecule has 1 heterocycles. The molecule has 1 aliphatic heterocycles. The van der Waals surface area contributed by atoms with E-state index >= 15 is 0 Å². The molecule has 3 rings (SSSR count). The number of hydrogen-bond donors (Lipinski definition) is 0. The minimum absolute atomic E-state index is 0.115. The maximum Gasteiger partial charge on any atom is 0.123 e. The Hall–Kier alpha value is -0.990. The molecule has 0 saturated heterocycles. The van der Waals surface area contributed by atoms with Gasteiger partial charge in [-0.1, -0.05) is 34.1 Å². The number of alkyl halides is 1. The summed E-state index contributed by atoms with van der Waals surface area (Å²) in [5.41, 5.74) is 4.61. The first kappa shape index (κ1) is 14.9. The number of halogens is 2. The zero-order valence-electron chi connectivity index (χ0n) is 12.4. The number of ether oxygens (including phenoxy) is 1. The molecular weight excluding hydrogens is 348 g/mol. The van der Waals surface area contributed by atoms with Crippen LogP contribution in [-0.2, 0) is 6.42 Å². The van der Waals surface area contributed by atoms with Gasteiger partial charge in [-0.3, -0.25) is 0 Å². The Labute approximate surface area is 139 Å². The summed E-state index contributed by atoms with van der Waals surface area (Å²) in [6.45, 7) is 6.32. The van der Waals surface area contributed by atoms with Crippen LogP contribution in [0.1, 0.15) is 41.5 Å². The summed E-state index contributed by atoms with van der Waals surface area (Å²) in [4.78, 5) is 0. The van der Waals surface area contributed by atoms with Crippen molar-refractivity contribution in [1.29, 1.82) is 0 Å². The molecular formula is C18H18BrClO. The highest BCUT2D eigenvalue weighted by Gasteiger charge is 2.30. The van der Waals surface area contributed by atoms with Crippen LogP contribution in [0.25, 0.3) is 0 Å². The quantitative estimate of drug-likeness (QED) is 0.611. The van der Waals surface area contributed by atoms with E-state index in [0.717, 1.165) is 27.8 Å². The average Bonchev–Trinajstić information content (AvgIpc) is 2.70. The van der Waals surface area contributed by atoms with Crippen molar-refractivity contribution in [3.05, 3.63) is 63.1 Å². The van der Waals surface area contributed by atoms with Crippen molar-refractivity contribution in [3.63, 3.8) is 0 Å². The van der Waals surface area contributed by atoms with Crippen molar-refractivity contribution >= 4 is 27.5 Å². The van der Waals surface area contributed by atoms with Gasteiger partial charge in [-0.05, 0) is 61.2 Å². The van der Waals surface area contributed by atoms with Gasteiger partial charge in [-0.15, -0.1) is 11.6 Å². The molecule has 0 aliphatic carbocycles. The van der Waals surface area contributed by atoms with Gasteiger partial charge in [0.05, 0.1) is 5.38 Å². The van der Waals surface area contributed by atoms with E-state index in [-0.39, 0.29) is 11.0 Å². The van der Waals surface area contributed by atoms with Crippen LogP contribution in [0.15, 0.2) is 40.9 Å². The fraction of sp³-hybridized carbons (Fsp3) is 0.333. The maximum absolute atomic E-state index is 6.71. The zero-order chi connectivity index (χ0) is 15.2. The summed E-state index contributed by atoms with van der Waals surface area (Å²) < 4.78 is 7.01. The highest BCUT2D eigenvalue weighted by atomic mass is 79.9. The van der Waals surface area contributed by atoms with Crippen molar-refractivity contribution in [2.75, 3.05) is 0 Å². The first-order valence-corrected chi connectivity index (χ1v) is 8.31. The molecule has 1 atom stereocenters. The SMILES string of the molecule is Cc1cc(Br)ccc1C(Cl)c1ccc2c(c1)CC(C)(C)O2. The van der Waals surface area contributed by atoms with Gasteiger partial charge < -0.3 is 4.74 Å². The molecule has 1 nitrogen and oxygen atoms in total. The molecule has 0 spiro atoms. The highest BCUT2D eigenvalue weighted by molar-refractivity contribution is 9.10. The van der Waals surface area contributed by atoms with Crippen molar-refractivity contribution in [1.82, 2.24) is 0 Å². The van der Waals surface area contributed by atoms with E-state index in [4.69, 9.17) is 16.3 Å². The molecule has 0 radical (unpaired) electrons. The number of benzene rings is 2. The summed E-state index contributed by atoms with van der Waals surface area (Å²) in [5, 5.41) is -0.132. The van der Waals surface area contributed by atoms with Crippen molar-refractivity contribution in [2.45, 2.75) is 38.2 Å². The Morgan fingerprint density at radius 3 is 2.67 bits per heavy atom. The second-order valence-electron chi connectivity index (χ2n) is 6.27. The van der Waals surface area contributed by atoms with Gasteiger partial charge in [0, 0.05) is 10.9 Å². The number of aryl methyl sites for hydroxylation is 1. The molecule has 1 unspecified atom stereocenters. The summed E-state index contributed by atoms with van der Waals surface area (Å²) in [7, 11) is 0. The molecule has 0 fully saturated rings. The van der Waals surface area contributed by atoms with E-state index in [0.29, 0.717) is 0 Å². The first-order valence-electron chi connectivity index (χ1n) is 7.08. The lowest BCUT2D eigenvalue weighted by molar-refractivity contribution is 0.138. The molecule has 0 amide bonds. The van der Waals surface area contributed by atoms with E-state index in [1.807, 2.05) is 12.1 Å². The predicted molar refractivity (Wildman–Crippen MR) is 91.4 cm³/mol. The van der Waals surface area contributed by atoms with Crippen LogP contribution in [-0.4, -0.2) is 5.60 Å². The van der Waals surface area contributed by atoms with Gasteiger partial charge in [-0.2, -0.15) is 0 Å². The van der Waals surface area contributed by atoms with Crippen molar-refractivity contribution < 1.29 is 4.74 Å². The van der Waals surface area contributed by atoms with E-state index in [2.05, 4.69) is 61.0 Å². The Morgan fingerprint density at radius 2 is 1.95 bits per heavy atom. The standard InChI is InChI=1S/C18H18BrClO/c1-11-8-14(19)5-6-15(11)17(20)12-4-7-16-13(9-12)10-18(2,3)21-16/h4-9,17H,10H2,1-3H3. The molecule has 0 aromatic heterocycles. The molecule has 2 aromatic carbocycles. The minimum atomic E-state index is -0.132. The highest BCUT2D eigenvalue weighted by Crippen LogP contribution is 2.39. The normalized spacial score (nSPS) is 17.2. The zero-order valence-corrected chi connectivity index (χ0v) is 14.8. The molecule has 21 heavy (non-hydrogen) atoms. The van der Waals surface area contributed by atoms with Crippen LogP contribution < -0.4 is 4.74 Å². The Bertz CT molecular complexity index is 694. The topological polar surface area (TPSA) is 9.23 Å². The van der Waals surface area contributed by atoms with E-state index in [1.165, 1.54) is 11.1 Å². The molecule has 110 valence electrons. The molecule has 1 aliphatic rings. The average molecular weight is 366 g/mol. The van der Waals surface area contributed by atoms with Crippen LogP contribution in [0, 0.1) is 6.92 Å². The van der Waals surface area contributed by atoms with E-state index < -0.39 is 0 Å². The van der Waals surface area contributed by atoms with E-state index in [9.17, 15) is 0 Å². The number of fused-ring (bicyclic) bond motifs is 1. The van der Waals surface area contributed by atoms with Gasteiger partial charge in [0.2, 0.25) is 0 Å². The van der Waals surface area contributed by atoms with Crippen molar-refractivity contribution in [2.24, 2.45) is 0 Å². The van der Waals surface area contributed by atoms with E-state index in [1.54, 1.807) is 0 Å². The van der Waals surface area contributed by atoms with Crippen LogP contribution in [0.2, 0.25) is 0 Å². The summed E-state index contributed by atoms with van der Waals surface area (Å²) in [5.74, 6) is 0.986. The lowest BCUT2D eigenvalue weighted by atomic mass is 9.96. The minimum Gasteiger partial charge on any atom is -0.487 e. The number of hydrogen-bond acceptors (Lipinski definition) is 1. The fourth-order valence-electron chi connectivity index (χ4n) is 2.89. The predicted octanol–water partition coefficient (Wildman–Crippen LogP) is 5.80. The van der Waals surface area contributed by atoms with Crippen molar-refractivity contribution in [3.8, 4) is 5.75 Å². The largest absolute Gasteiger partial charge is 0.487 e. The summed E-state index contributed by atoms with van der Waals surface area (Å²) in [6.07, 6.45) is 0.930. The lowest BCUT2D eigenvalue weighted by Crippen LogP contribution is -2.24. The summed E-state index contributed by atoms with van der Waals surface area (Å²) >= 11 is 10.2. The molecule has 0 N–H and O–H groups in total. The Morgan fingerprint density at radius 1 is 1.19 bits per heavy atom. The van der Waals surface area contributed by atoms with Crippen LogP contribution in [0.3, 0.4) is 0 Å². The first-order chi connectivity index (χ1) is 9.85. The third-order valence-corrected chi connectivity index (χ3v) is 4.86. The smallest absolute Gasteiger partial charge is 0.123 e. The lowest BCUT2D eigenvalue weighted by Gasteiger charge is -2.16. The molecule has 0 bridgehead atoms.